The fraction of sp³-hybridized carbons (Fsp3) is 0.250. The van der Waals surface area contributed by atoms with Crippen molar-refractivity contribution < 1.29 is 18.0 Å². The number of aromatic nitrogens is 1. The Labute approximate surface area is 142 Å². The monoisotopic (exact) mass is 357 g/mol. The van der Waals surface area contributed by atoms with Crippen LogP contribution >= 0.6 is 11.6 Å². The van der Waals surface area contributed by atoms with Crippen LogP contribution in [0.2, 0.25) is 5.02 Å². The lowest BCUT2D eigenvalue weighted by Gasteiger charge is -2.13. The first kappa shape index (κ1) is 18.1. The predicted molar refractivity (Wildman–Crippen MR) is 86.6 cm³/mol. The Kier molecular flexibility index (Phi) is 5.33. The average molecular weight is 358 g/mol. The van der Waals surface area contributed by atoms with E-state index >= 15 is 0 Å². The van der Waals surface area contributed by atoms with E-state index in [9.17, 15) is 18.0 Å². The normalized spacial score (nSPS) is 11.5. The van der Waals surface area contributed by atoms with E-state index in [2.05, 4.69) is 15.6 Å². The maximum absolute atomic E-state index is 12.8. The van der Waals surface area contributed by atoms with Crippen molar-refractivity contribution in [1.29, 1.82) is 0 Å². The molecule has 2 N–H and O–H groups in total. The third-order valence-corrected chi connectivity index (χ3v) is 3.33. The molecule has 128 valence electrons. The van der Waals surface area contributed by atoms with E-state index in [0.29, 0.717) is 5.56 Å². The second-order valence-corrected chi connectivity index (χ2v) is 5.78. The summed E-state index contributed by atoms with van der Waals surface area (Å²) in [6.45, 7) is 3.64. The largest absolute Gasteiger partial charge is 0.416 e. The first-order valence-electron chi connectivity index (χ1n) is 7.07. The molecule has 1 heterocycles. The fourth-order valence-corrected chi connectivity index (χ4v) is 2.09. The summed E-state index contributed by atoms with van der Waals surface area (Å²) in [6, 6.07) is 5.85. The van der Waals surface area contributed by atoms with Crippen molar-refractivity contribution in [2.45, 2.75) is 26.1 Å². The third kappa shape index (κ3) is 4.61. The van der Waals surface area contributed by atoms with Gasteiger partial charge in [-0.25, -0.2) is 4.98 Å². The number of halogens is 4. The highest BCUT2D eigenvalue weighted by Gasteiger charge is 2.31. The van der Waals surface area contributed by atoms with Gasteiger partial charge >= 0.3 is 6.18 Å². The van der Waals surface area contributed by atoms with Gasteiger partial charge in [-0.3, -0.25) is 4.79 Å². The second-order valence-electron chi connectivity index (χ2n) is 5.38. The number of benzene rings is 1. The minimum atomic E-state index is -4.48. The highest BCUT2D eigenvalue weighted by Crippen LogP contribution is 2.34. The van der Waals surface area contributed by atoms with Crippen LogP contribution in [-0.4, -0.2) is 16.9 Å². The van der Waals surface area contributed by atoms with Gasteiger partial charge in [0.15, 0.2) is 0 Å². The van der Waals surface area contributed by atoms with Gasteiger partial charge < -0.3 is 10.6 Å². The van der Waals surface area contributed by atoms with Crippen molar-refractivity contribution in [3.8, 4) is 0 Å². The molecule has 8 heteroatoms. The summed E-state index contributed by atoms with van der Waals surface area (Å²) in [5, 5.41) is 5.54. The number of hydrogen-bond acceptors (Lipinski definition) is 3. The molecule has 0 fully saturated rings. The van der Waals surface area contributed by atoms with Crippen molar-refractivity contribution in [2.75, 3.05) is 5.32 Å². The number of nitrogens with one attached hydrogen (secondary N) is 2. The topological polar surface area (TPSA) is 54.0 Å². The van der Waals surface area contributed by atoms with Crippen molar-refractivity contribution >= 4 is 29.0 Å². The molecule has 0 saturated heterocycles. The number of carbonyl (C=O) groups excluding carboxylic acids is 1. The third-order valence-electron chi connectivity index (χ3n) is 3.00. The smallest absolute Gasteiger partial charge is 0.350 e. The number of hydrogen-bond donors (Lipinski definition) is 2. The van der Waals surface area contributed by atoms with Gasteiger partial charge in [0.25, 0.3) is 5.91 Å². The molecule has 0 bridgehead atoms. The lowest BCUT2D eigenvalue weighted by molar-refractivity contribution is -0.137. The van der Waals surface area contributed by atoms with E-state index in [-0.39, 0.29) is 28.5 Å². The number of rotatable bonds is 4. The highest BCUT2D eigenvalue weighted by molar-refractivity contribution is 6.33. The molecule has 4 nitrogen and oxygen atoms in total. The Hall–Kier alpha value is -2.28. The molecule has 0 atom stereocenters. The van der Waals surface area contributed by atoms with Crippen molar-refractivity contribution in [2.24, 2.45) is 0 Å². The molecular formula is C16H15ClF3N3O. The lowest BCUT2D eigenvalue weighted by atomic mass is 10.2. The van der Waals surface area contributed by atoms with Gasteiger partial charge in [0, 0.05) is 17.8 Å². The first-order valence-corrected chi connectivity index (χ1v) is 7.45. The minimum absolute atomic E-state index is 0.0417. The number of amides is 1. The number of anilines is 2. The Bertz CT molecular complexity index is 748. The summed E-state index contributed by atoms with van der Waals surface area (Å²) in [4.78, 5) is 16.0. The van der Waals surface area contributed by atoms with E-state index in [4.69, 9.17) is 11.6 Å². The lowest BCUT2D eigenvalue weighted by Crippen LogP contribution is -2.30. The Morgan fingerprint density at radius 2 is 1.92 bits per heavy atom. The first-order chi connectivity index (χ1) is 11.2. The Morgan fingerprint density at radius 3 is 2.54 bits per heavy atom. The van der Waals surface area contributed by atoms with Crippen LogP contribution in [0.25, 0.3) is 0 Å². The maximum Gasteiger partial charge on any atom is 0.416 e. The molecule has 0 spiro atoms. The van der Waals surface area contributed by atoms with Gasteiger partial charge in [0.1, 0.15) is 5.82 Å². The quantitative estimate of drug-likeness (QED) is 0.838. The number of pyridine rings is 1. The molecular weight excluding hydrogens is 343 g/mol. The summed E-state index contributed by atoms with van der Waals surface area (Å²) in [6.07, 6.45) is -3.09. The van der Waals surface area contributed by atoms with Crippen LogP contribution in [0.5, 0.6) is 0 Å². The molecule has 24 heavy (non-hydrogen) atoms. The molecule has 0 aliphatic heterocycles. The molecule has 0 saturated carbocycles. The Balaban J connectivity index is 2.27. The van der Waals surface area contributed by atoms with E-state index in [0.717, 1.165) is 18.2 Å². The highest BCUT2D eigenvalue weighted by atomic mass is 35.5. The van der Waals surface area contributed by atoms with E-state index in [1.165, 1.54) is 18.3 Å². The van der Waals surface area contributed by atoms with Crippen molar-refractivity contribution in [3.63, 3.8) is 0 Å². The Morgan fingerprint density at radius 1 is 1.21 bits per heavy atom. The average Bonchev–Trinajstić information content (AvgIpc) is 2.48. The van der Waals surface area contributed by atoms with Gasteiger partial charge in [-0.05, 0) is 44.2 Å². The van der Waals surface area contributed by atoms with Gasteiger partial charge in [-0.2, -0.15) is 13.2 Å². The van der Waals surface area contributed by atoms with Gasteiger partial charge in [-0.1, -0.05) is 11.6 Å². The molecule has 1 aromatic heterocycles. The van der Waals surface area contributed by atoms with Gasteiger partial charge in [-0.15, -0.1) is 0 Å². The molecule has 2 aromatic rings. The summed E-state index contributed by atoms with van der Waals surface area (Å²) in [7, 11) is 0. The van der Waals surface area contributed by atoms with Crippen LogP contribution in [0.4, 0.5) is 24.7 Å². The zero-order valence-electron chi connectivity index (χ0n) is 12.9. The molecule has 1 aromatic carbocycles. The van der Waals surface area contributed by atoms with Crippen LogP contribution in [-0.2, 0) is 6.18 Å². The van der Waals surface area contributed by atoms with Crippen LogP contribution < -0.4 is 10.6 Å². The zero-order valence-corrected chi connectivity index (χ0v) is 13.7. The van der Waals surface area contributed by atoms with E-state index in [1.54, 1.807) is 0 Å². The summed E-state index contributed by atoms with van der Waals surface area (Å²) < 4.78 is 38.4. The van der Waals surface area contributed by atoms with Crippen LogP contribution in [0, 0.1) is 0 Å². The SMILES string of the molecule is CC(C)NC(=O)c1ccnc(Nc2cc(C(F)(F)F)ccc2Cl)c1. The van der Waals surface area contributed by atoms with Crippen LogP contribution in [0.15, 0.2) is 36.5 Å². The number of nitrogens with zero attached hydrogens (tertiary/aromatic N) is 1. The van der Waals surface area contributed by atoms with Crippen LogP contribution in [0.1, 0.15) is 29.8 Å². The maximum atomic E-state index is 12.8. The summed E-state index contributed by atoms with van der Waals surface area (Å²) >= 11 is 5.93. The zero-order chi connectivity index (χ0) is 17.9. The fourth-order valence-electron chi connectivity index (χ4n) is 1.92. The number of alkyl halides is 3. The number of carbonyl (C=O) groups is 1. The molecule has 0 aliphatic rings. The standard InChI is InChI=1S/C16H15ClF3N3O/c1-9(2)22-15(24)10-5-6-21-14(7-10)23-13-8-11(16(18,19)20)3-4-12(13)17/h3-9H,1-2H3,(H,21,23)(H,22,24). The second kappa shape index (κ2) is 7.09. The molecule has 1 amide bonds. The predicted octanol–water partition coefficient (Wildman–Crippen LogP) is 4.64. The van der Waals surface area contributed by atoms with Crippen molar-refractivity contribution in [3.05, 3.63) is 52.7 Å². The molecule has 0 unspecified atom stereocenters. The van der Waals surface area contributed by atoms with Crippen molar-refractivity contribution in [1.82, 2.24) is 10.3 Å². The summed E-state index contributed by atoms with van der Waals surface area (Å²) in [5.41, 5.74) is -0.437. The van der Waals surface area contributed by atoms with Crippen LogP contribution in [0.3, 0.4) is 0 Å². The van der Waals surface area contributed by atoms with Gasteiger partial charge in [0.05, 0.1) is 16.3 Å². The minimum Gasteiger partial charge on any atom is -0.350 e. The molecule has 2 rings (SSSR count). The van der Waals surface area contributed by atoms with E-state index in [1.807, 2.05) is 13.8 Å². The molecule has 0 aliphatic carbocycles. The van der Waals surface area contributed by atoms with Gasteiger partial charge in [0.2, 0.25) is 0 Å². The summed E-state index contributed by atoms with van der Waals surface area (Å²) in [5.74, 6) is -0.0850. The molecule has 0 radical (unpaired) electrons. The van der Waals surface area contributed by atoms with E-state index < -0.39 is 11.7 Å².